The van der Waals surface area contributed by atoms with E-state index in [0.717, 1.165) is 12.8 Å². The third-order valence-electron chi connectivity index (χ3n) is 10.2. The first-order chi connectivity index (χ1) is 21.8. The highest BCUT2D eigenvalue weighted by atomic mass is 32.2. The molecular weight excluding hydrogens is 622 g/mol. The molecule has 260 valence electrons. The average molecular weight is 674 g/mol. The SMILES string of the molecule is CC(C)C(CCS(=O)(=O)c1ccccc1)NC(=O)N[C@H](C(=O)N1CC2[C@@H]([C@H]1C(=O)NC(CC1CC1)C(=O)C(N)=O)C2(C)C)C(C)(C)C. The van der Waals surface area contributed by atoms with Gasteiger partial charge >= 0.3 is 6.03 Å². The van der Waals surface area contributed by atoms with Crippen molar-refractivity contribution in [3.63, 3.8) is 0 Å². The molecule has 4 rings (SSSR count). The second-order valence-corrected chi connectivity index (χ2v) is 17.7. The number of primary amides is 1. The van der Waals surface area contributed by atoms with Crippen LogP contribution in [-0.2, 0) is 29.0 Å². The van der Waals surface area contributed by atoms with Crippen molar-refractivity contribution in [2.24, 2.45) is 40.2 Å². The second kappa shape index (κ2) is 13.6. The third kappa shape index (κ3) is 8.33. The van der Waals surface area contributed by atoms with Crippen LogP contribution in [0.4, 0.5) is 4.79 Å². The number of ketones is 1. The number of hydrogen-bond acceptors (Lipinski definition) is 7. The Morgan fingerprint density at radius 1 is 1.00 bits per heavy atom. The molecule has 0 radical (unpaired) electrons. The number of fused-ring (bicyclic) bond motifs is 1. The number of amides is 5. The molecule has 0 aromatic heterocycles. The first kappa shape index (κ1) is 36.4. The number of rotatable bonds is 14. The van der Waals surface area contributed by atoms with Crippen LogP contribution in [0, 0.1) is 34.5 Å². The first-order valence-electron chi connectivity index (χ1n) is 16.5. The maximum Gasteiger partial charge on any atom is 0.315 e. The predicted octanol–water partition coefficient (Wildman–Crippen LogP) is 2.41. The Hall–Kier alpha value is -3.48. The highest BCUT2D eigenvalue weighted by Gasteiger charge is 2.70. The van der Waals surface area contributed by atoms with E-state index >= 15 is 0 Å². The minimum Gasteiger partial charge on any atom is -0.363 e. The van der Waals surface area contributed by atoms with Crippen LogP contribution in [-0.4, -0.2) is 79.3 Å². The molecule has 0 spiro atoms. The Morgan fingerprint density at radius 2 is 1.62 bits per heavy atom. The molecule has 5 N–H and O–H groups in total. The number of nitrogens with one attached hydrogen (secondary N) is 3. The Morgan fingerprint density at radius 3 is 2.15 bits per heavy atom. The molecule has 1 aromatic rings. The number of hydrogen-bond donors (Lipinski definition) is 4. The molecule has 12 nitrogen and oxygen atoms in total. The maximum atomic E-state index is 14.3. The largest absolute Gasteiger partial charge is 0.363 e. The van der Waals surface area contributed by atoms with Crippen LogP contribution in [0.1, 0.15) is 74.1 Å². The zero-order valence-electron chi connectivity index (χ0n) is 28.5. The highest BCUT2D eigenvalue weighted by molar-refractivity contribution is 7.91. The second-order valence-electron chi connectivity index (χ2n) is 15.5. The quantitative estimate of drug-likeness (QED) is 0.219. The van der Waals surface area contributed by atoms with Gasteiger partial charge in [-0.25, -0.2) is 13.2 Å². The zero-order valence-corrected chi connectivity index (χ0v) is 29.4. The molecule has 13 heteroatoms. The van der Waals surface area contributed by atoms with Gasteiger partial charge < -0.3 is 26.6 Å². The Labute approximate surface area is 278 Å². The van der Waals surface area contributed by atoms with Crippen molar-refractivity contribution in [1.29, 1.82) is 0 Å². The molecular formula is C34H51N5O7S. The molecule has 6 atom stereocenters. The van der Waals surface area contributed by atoms with Gasteiger partial charge in [0.2, 0.25) is 17.6 Å². The number of carbonyl (C=O) groups is 5. The number of carbonyl (C=O) groups excluding carboxylic acids is 5. The van der Waals surface area contributed by atoms with Crippen molar-refractivity contribution >= 4 is 39.4 Å². The van der Waals surface area contributed by atoms with E-state index in [1.807, 2.05) is 48.5 Å². The minimum atomic E-state index is -3.56. The molecule has 3 aliphatic rings. The van der Waals surface area contributed by atoms with Crippen LogP contribution in [0.5, 0.6) is 0 Å². The number of urea groups is 1. The zero-order chi connectivity index (χ0) is 35.1. The molecule has 1 heterocycles. The molecule has 1 aliphatic heterocycles. The van der Waals surface area contributed by atoms with E-state index in [1.165, 1.54) is 4.90 Å². The lowest BCUT2D eigenvalue weighted by molar-refractivity contribution is -0.145. The van der Waals surface area contributed by atoms with Crippen molar-refractivity contribution in [1.82, 2.24) is 20.9 Å². The van der Waals surface area contributed by atoms with E-state index in [1.54, 1.807) is 30.3 Å². The summed E-state index contributed by atoms with van der Waals surface area (Å²) in [5.74, 6) is -3.01. The summed E-state index contributed by atoms with van der Waals surface area (Å²) in [5.41, 5.74) is 4.33. The number of Topliss-reactive ketones (excluding diaryl/α,β-unsaturated/α-hetero) is 1. The van der Waals surface area contributed by atoms with Crippen molar-refractivity contribution in [3.05, 3.63) is 30.3 Å². The smallest absolute Gasteiger partial charge is 0.315 e. The monoisotopic (exact) mass is 673 g/mol. The van der Waals surface area contributed by atoms with Crippen LogP contribution in [0.2, 0.25) is 0 Å². The fourth-order valence-electron chi connectivity index (χ4n) is 6.92. The lowest BCUT2D eigenvalue weighted by Crippen LogP contribution is -2.62. The van der Waals surface area contributed by atoms with Crippen molar-refractivity contribution < 1.29 is 32.4 Å². The normalized spacial score (nSPS) is 23.7. The molecule has 47 heavy (non-hydrogen) atoms. The fraction of sp³-hybridized carbons (Fsp3) is 0.676. The number of nitrogens with two attached hydrogens (primary N) is 1. The summed E-state index contributed by atoms with van der Waals surface area (Å²) in [6, 6.07) is 4.09. The van der Waals surface area contributed by atoms with Crippen LogP contribution < -0.4 is 21.7 Å². The topological polar surface area (TPSA) is 185 Å². The van der Waals surface area contributed by atoms with Gasteiger partial charge in [0.15, 0.2) is 9.84 Å². The van der Waals surface area contributed by atoms with Crippen molar-refractivity contribution in [2.75, 3.05) is 12.3 Å². The number of likely N-dealkylation sites (tertiary alicyclic amines) is 1. The lowest BCUT2D eigenvalue weighted by Gasteiger charge is -2.38. The van der Waals surface area contributed by atoms with Crippen molar-refractivity contribution in [3.8, 4) is 0 Å². The Balaban J connectivity index is 1.48. The van der Waals surface area contributed by atoms with Gasteiger partial charge in [-0.15, -0.1) is 0 Å². The van der Waals surface area contributed by atoms with Gasteiger partial charge in [0, 0.05) is 12.6 Å². The number of benzene rings is 1. The molecule has 5 amide bonds. The van der Waals surface area contributed by atoms with Gasteiger partial charge in [-0.2, -0.15) is 0 Å². The van der Waals surface area contributed by atoms with Gasteiger partial charge in [0.05, 0.1) is 16.7 Å². The number of piperidine rings is 1. The molecule has 0 bridgehead atoms. The van der Waals surface area contributed by atoms with E-state index in [2.05, 4.69) is 16.0 Å². The predicted molar refractivity (Wildman–Crippen MR) is 176 cm³/mol. The first-order valence-corrected chi connectivity index (χ1v) is 18.2. The van der Waals surface area contributed by atoms with E-state index in [9.17, 15) is 32.4 Å². The van der Waals surface area contributed by atoms with Gasteiger partial charge in [-0.1, -0.05) is 79.5 Å². The minimum absolute atomic E-state index is 0.0576. The Kier molecular flexibility index (Phi) is 10.5. The maximum absolute atomic E-state index is 14.3. The average Bonchev–Trinajstić information content (AvgIpc) is 3.84. The van der Waals surface area contributed by atoms with Gasteiger partial charge in [0.1, 0.15) is 12.1 Å². The summed E-state index contributed by atoms with van der Waals surface area (Å²) in [6.07, 6.45) is 2.31. The van der Waals surface area contributed by atoms with Crippen molar-refractivity contribution in [2.45, 2.75) is 103 Å². The molecule has 1 aromatic carbocycles. The van der Waals surface area contributed by atoms with Gasteiger partial charge in [0.25, 0.3) is 5.91 Å². The number of nitrogens with zero attached hydrogens (tertiary/aromatic N) is 1. The molecule has 1 saturated heterocycles. The standard InChI is InChI=1S/C34H51N5O7S/c1-19(2)23(15-16-47(45,46)21-11-9-8-10-12-21)37-32(44)38-28(33(3,4)5)31(43)39-18-22-25(34(22,6)7)26(39)30(42)36-24(17-20-13-14-20)27(40)29(35)41/h8-12,19-20,22-26,28H,13-18H2,1-7H3,(H2,35,41)(H,36,42)(H2,37,38,44)/t22?,23?,24?,25-,26-,28+/m0/s1. The Bertz CT molecular complexity index is 1480. The van der Waals surface area contributed by atoms with Gasteiger partial charge in [-0.3, -0.25) is 19.2 Å². The van der Waals surface area contributed by atoms with E-state index in [0.29, 0.717) is 13.0 Å². The van der Waals surface area contributed by atoms with E-state index < -0.39 is 69.0 Å². The lowest BCUT2D eigenvalue weighted by atomic mass is 9.85. The summed E-state index contributed by atoms with van der Waals surface area (Å²) in [7, 11) is -3.56. The number of sulfone groups is 1. The van der Waals surface area contributed by atoms with Gasteiger partial charge in [-0.05, 0) is 59.5 Å². The van der Waals surface area contributed by atoms with Crippen LogP contribution in [0.15, 0.2) is 35.2 Å². The van der Waals surface area contributed by atoms with Crippen LogP contribution in [0.3, 0.4) is 0 Å². The van der Waals surface area contributed by atoms with Crippen LogP contribution in [0.25, 0.3) is 0 Å². The summed E-state index contributed by atoms with van der Waals surface area (Å²) in [6.45, 7) is 13.6. The molecule has 2 aliphatic carbocycles. The highest BCUT2D eigenvalue weighted by Crippen LogP contribution is 2.65. The summed E-state index contributed by atoms with van der Waals surface area (Å²) >= 11 is 0. The summed E-state index contributed by atoms with van der Waals surface area (Å²) in [5, 5.41) is 8.46. The van der Waals surface area contributed by atoms with Crippen LogP contribution >= 0.6 is 0 Å². The summed E-state index contributed by atoms with van der Waals surface area (Å²) < 4.78 is 25.8. The van der Waals surface area contributed by atoms with E-state index in [-0.39, 0.29) is 46.2 Å². The molecule has 3 unspecified atom stereocenters. The molecule has 3 fully saturated rings. The van der Waals surface area contributed by atoms with E-state index in [4.69, 9.17) is 5.73 Å². The third-order valence-corrected chi connectivity index (χ3v) is 12.0. The molecule has 2 saturated carbocycles. The summed E-state index contributed by atoms with van der Waals surface area (Å²) in [4.78, 5) is 67.6. The fourth-order valence-corrected chi connectivity index (χ4v) is 8.29.